The van der Waals surface area contributed by atoms with Gasteiger partial charge in [-0.2, -0.15) is 0 Å². The first-order chi connectivity index (χ1) is 4.34. The SMILES string of the molecule is C=CN1C=CCOC1=O. The normalized spacial score (nSPS) is 17.3. The maximum atomic E-state index is 10.6. The zero-order valence-electron chi connectivity index (χ0n) is 4.91. The molecule has 0 saturated carbocycles. The van der Waals surface area contributed by atoms with Crippen molar-refractivity contribution in [2.75, 3.05) is 6.61 Å². The first-order valence-corrected chi connectivity index (χ1v) is 2.59. The molecule has 3 heteroatoms. The Morgan fingerprint density at radius 2 is 2.67 bits per heavy atom. The van der Waals surface area contributed by atoms with Crippen LogP contribution in [0.15, 0.2) is 25.1 Å². The number of hydrogen-bond acceptors (Lipinski definition) is 2. The maximum absolute atomic E-state index is 10.6. The molecule has 0 bridgehead atoms. The molecule has 1 rings (SSSR count). The van der Waals surface area contributed by atoms with Gasteiger partial charge in [-0.3, -0.25) is 4.90 Å². The Kier molecular flexibility index (Phi) is 1.53. The third-order valence-electron chi connectivity index (χ3n) is 0.977. The quantitative estimate of drug-likeness (QED) is 0.525. The highest BCUT2D eigenvalue weighted by Gasteiger charge is 2.10. The van der Waals surface area contributed by atoms with Crippen molar-refractivity contribution in [2.45, 2.75) is 0 Å². The fraction of sp³-hybridized carbons (Fsp3) is 0.167. The number of nitrogens with zero attached hydrogens (tertiary/aromatic N) is 1. The van der Waals surface area contributed by atoms with Crippen LogP contribution in [-0.2, 0) is 4.74 Å². The van der Waals surface area contributed by atoms with Gasteiger partial charge in [-0.05, 0) is 6.08 Å². The molecule has 0 radical (unpaired) electrons. The Balaban J connectivity index is 2.67. The van der Waals surface area contributed by atoms with E-state index in [9.17, 15) is 4.79 Å². The summed E-state index contributed by atoms with van der Waals surface area (Å²) in [6.07, 6.45) is 4.40. The molecule has 1 aliphatic heterocycles. The second-order valence-electron chi connectivity index (χ2n) is 1.55. The first kappa shape index (κ1) is 5.88. The van der Waals surface area contributed by atoms with Crippen LogP contribution in [0.25, 0.3) is 0 Å². The Hall–Kier alpha value is -1.25. The molecule has 0 atom stereocenters. The number of amides is 1. The molecule has 1 aliphatic rings. The molecular formula is C6H7NO2. The molecule has 9 heavy (non-hydrogen) atoms. The Morgan fingerprint density at radius 3 is 3.11 bits per heavy atom. The van der Waals surface area contributed by atoms with Gasteiger partial charge in [0.15, 0.2) is 0 Å². The summed E-state index contributed by atoms with van der Waals surface area (Å²) in [6, 6.07) is 0. The second kappa shape index (κ2) is 2.35. The average Bonchev–Trinajstić information content (AvgIpc) is 1.89. The van der Waals surface area contributed by atoms with Crippen molar-refractivity contribution in [1.82, 2.24) is 4.90 Å². The number of rotatable bonds is 1. The van der Waals surface area contributed by atoms with Crippen LogP contribution in [0.1, 0.15) is 0 Å². The molecule has 0 saturated heterocycles. The van der Waals surface area contributed by atoms with Gasteiger partial charge in [-0.25, -0.2) is 4.79 Å². The third kappa shape index (κ3) is 1.10. The van der Waals surface area contributed by atoms with E-state index in [0.29, 0.717) is 6.61 Å². The molecule has 0 aromatic rings. The van der Waals surface area contributed by atoms with E-state index in [2.05, 4.69) is 11.3 Å². The minimum Gasteiger partial charge on any atom is -0.445 e. The lowest BCUT2D eigenvalue weighted by atomic mass is 10.5. The van der Waals surface area contributed by atoms with Gasteiger partial charge in [0.1, 0.15) is 6.61 Å². The van der Waals surface area contributed by atoms with Gasteiger partial charge in [-0.15, -0.1) is 0 Å². The van der Waals surface area contributed by atoms with E-state index in [1.165, 1.54) is 11.1 Å². The Morgan fingerprint density at radius 1 is 1.89 bits per heavy atom. The first-order valence-electron chi connectivity index (χ1n) is 2.59. The molecular weight excluding hydrogens is 118 g/mol. The van der Waals surface area contributed by atoms with Crippen molar-refractivity contribution < 1.29 is 9.53 Å². The largest absolute Gasteiger partial charge is 0.445 e. The van der Waals surface area contributed by atoms with E-state index in [0.717, 1.165) is 0 Å². The van der Waals surface area contributed by atoms with Crippen molar-refractivity contribution >= 4 is 6.09 Å². The highest BCUT2D eigenvalue weighted by molar-refractivity contribution is 5.71. The summed E-state index contributed by atoms with van der Waals surface area (Å²) in [5, 5.41) is 0. The summed E-state index contributed by atoms with van der Waals surface area (Å²) >= 11 is 0. The minimum atomic E-state index is -0.368. The predicted molar refractivity (Wildman–Crippen MR) is 32.5 cm³/mol. The van der Waals surface area contributed by atoms with Crippen LogP contribution in [0.3, 0.4) is 0 Å². The number of cyclic esters (lactones) is 1. The lowest BCUT2D eigenvalue weighted by Gasteiger charge is -2.15. The molecule has 1 heterocycles. The van der Waals surface area contributed by atoms with Crippen molar-refractivity contribution in [1.29, 1.82) is 0 Å². The fourth-order valence-electron chi connectivity index (χ4n) is 0.547. The van der Waals surface area contributed by atoms with Crippen molar-refractivity contribution in [3.63, 3.8) is 0 Å². The van der Waals surface area contributed by atoms with E-state index in [1.54, 1.807) is 12.3 Å². The lowest BCUT2D eigenvalue weighted by molar-refractivity contribution is 0.132. The van der Waals surface area contributed by atoms with Gasteiger partial charge in [-0.1, -0.05) is 6.58 Å². The predicted octanol–water partition coefficient (Wildman–Crippen LogP) is 1.10. The average molecular weight is 125 g/mol. The van der Waals surface area contributed by atoms with Crippen LogP contribution >= 0.6 is 0 Å². The third-order valence-corrected chi connectivity index (χ3v) is 0.977. The summed E-state index contributed by atoms with van der Waals surface area (Å²) in [7, 11) is 0. The molecule has 3 nitrogen and oxygen atoms in total. The van der Waals surface area contributed by atoms with E-state index >= 15 is 0 Å². The van der Waals surface area contributed by atoms with Gasteiger partial charge < -0.3 is 4.74 Å². The molecule has 0 aliphatic carbocycles. The molecule has 0 aromatic heterocycles. The van der Waals surface area contributed by atoms with Gasteiger partial charge in [0.2, 0.25) is 0 Å². The summed E-state index contributed by atoms with van der Waals surface area (Å²) in [6.45, 7) is 3.77. The van der Waals surface area contributed by atoms with Crippen LogP contribution in [0, 0.1) is 0 Å². The van der Waals surface area contributed by atoms with E-state index < -0.39 is 0 Å². The lowest BCUT2D eigenvalue weighted by Crippen LogP contribution is -2.24. The van der Waals surface area contributed by atoms with Crippen molar-refractivity contribution in [3.05, 3.63) is 25.1 Å². The standard InChI is InChI=1S/C6H7NO2/c1-2-7-4-3-5-9-6(7)8/h2-4H,1,5H2. The van der Waals surface area contributed by atoms with E-state index in [1.807, 2.05) is 0 Å². The van der Waals surface area contributed by atoms with Crippen LogP contribution in [0.4, 0.5) is 4.79 Å². The van der Waals surface area contributed by atoms with Gasteiger partial charge >= 0.3 is 6.09 Å². The highest BCUT2D eigenvalue weighted by atomic mass is 16.6. The van der Waals surface area contributed by atoms with E-state index in [4.69, 9.17) is 0 Å². The zero-order chi connectivity index (χ0) is 6.69. The summed E-state index contributed by atoms with van der Waals surface area (Å²) in [5.41, 5.74) is 0. The smallest absolute Gasteiger partial charge is 0.418 e. The summed E-state index contributed by atoms with van der Waals surface area (Å²) in [4.78, 5) is 11.9. The fourth-order valence-corrected chi connectivity index (χ4v) is 0.547. The number of carbonyl (C=O) groups excluding carboxylic acids is 1. The van der Waals surface area contributed by atoms with Gasteiger partial charge in [0, 0.05) is 12.4 Å². The van der Waals surface area contributed by atoms with Gasteiger partial charge in [0.25, 0.3) is 0 Å². The summed E-state index contributed by atoms with van der Waals surface area (Å²) in [5.74, 6) is 0. The molecule has 1 amide bonds. The number of hydrogen-bond donors (Lipinski definition) is 0. The van der Waals surface area contributed by atoms with E-state index in [-0.39, 0.29) is 6.09 Å². The zero-order valence-corrected chi connectivity index (χ0v) is 4.91. The van der Waals surface area contributed by atoms with Crippen molar-refractivity contribution in [3.8, 4) is 0 Å². The second-order valence-corrected chi connectivity index (χ2v) is 1.55. The van der Waals surface area contributed by atoms with Crippen LogP contribution in [-0.4, -0.2) is 17.6 Å². The molecule has 48 valence electrons. The van der Waals surface area contributed by atoms with Crippen molar-refractivity contribution in [2.24, 2.45) is 0 Å². The Labute approximate surface area is 53.2 Å². The minimum absolute atomic E-state index is 0.364. The Bertz CT molecular complexity index is 162. The topological polar surface area (TPSA) is 29.5 Å². The monoisotopic (exact) mass is 125 g/mol. The highest BCUT2D eigenvalue weighted by Crippen LogP contribution is 2.00. The summed E-state index contributed by atoms with van der Waals surface area (Å²) < 4.78 is 4.61. The molecule has 0 fully saturated rings. The number of carbonyl (C=O) groups is 1. The molecule has 0 unspecified atom stereocenters. The molecule has 0 spiro atoms. The number of ether oxygens (including phenoxy) is 1. The van der Waals surface area contributed by atoms with Crippen LogP contribution in [0.5, 0.6) is 0 Å². The molecule has 0 aromatic carbocycles. The van der Waals surface area contributed by atoms with Crippen LogP contribution < -0.4 is 0 Å². The van der Waals surface area contributed by atoms with Gasteiger partial charge in [0.05, 0.1) is 0 Å². The molecule has 0 N–H and O–H groups in total. The maximum Gasteiger partial charge on any atom is 0.418 e. The van der Waals surface area contributed by atoms with Crippen LogP contribution in [0.2, 0.25) is 0 Å².